The van der Waals surface area contributed by atoms with E-state index in [1.165, 1.54) is 23.5 Å². The molecule has 0 saturated heterocycles. The molecule has 0 saturated carbocycles. The minimum atomic E-state index is -0.640. The molecule has 8 nitrogen and oxygen atoms in total. The molecule has 0 aliphatic rings. The quantitative estimate of drug-likeness (QED) is 0.311. The lowest BCUT2D eigenvalue weighted by Gasteiger charge is -2.18. The highest BCUT2D eigenvalue weighted by molar-refractivity contribution is 7.80. The second-order valence-electron chi connectivity index (χ2n) is 7.04. The lowest BCUT2D eigenvalue weighted by molar-refractivity contribution is -0.384. The minimum Gasteiger partial charge on any atom is -0.462 e. The number of carbonyl (C=O) groups excluding carboxylic acids is 2. The predicted molar refractivity (Wildman–Crippen MR) is 116 cm³/mol. The molecule has 10 heteroatoms. The molecule has 0 fully saturated rings. The summed E-state index contributed by atoms with van der Waals surface area (Å²) in [5.41, 5.74) is 0.440. The molecule has 1 heterocycles. The fraction of sp³-hybridized carbons (Fsp3) is 0.316. The van der Waals surface area contributed by atoms with Gasteiger partial charge in [-0.05, 0) is 24.7 Å². The van der Waals surface area contributed by atoms with Crippen molar-refractivity contribution in [3.8, 4) is 11.1 Å². The van der Waals surface area contributed by atoms with E-state index in [-0.39, 0.29) is 28.9 Å². The lowest BCUT2D eigenvalue weighted by Crippen LogP contribution is -2.41. The molecule has 0 radical (unpaired) electrons. The molecule has 0 bridgehead atoms. The van der Waals surface area contributed by atoms with Gasteiger partial charge in [0.25, 0.3) is 5.69 Å². The molecule has 0 atom stereocenters. The Morgan fingerprint density at radius 3 is 2.59 bits per heavy atom. The van der Waals surface area contributed by atoms with E-state index in [4.69, 9.17) is 17.0 Å². The maximum atomic E-state index is 12.6. The topological polar surface area (TPSA) is 111 Å². The highest BCUT2D eigenvalue weighted by Crippen LogP contribution is 2.37. The summed E-state index contributed by atoms with van der Waals surface area (Å²) in [7, 11) is 0. The number of nitro benzene ring substituents is 1. The van der Waals surface area contributed by atoms with Crippen molar-refractivity contribution in [1.82, 2.24) is 5.32 Å². The van der Waals surface area contributed by atoms with Crippen molar-refractivity contribution in [1.29, 1.82) is 0 Å². The minimum absolute atomic E-state index is 0.0444. The van der Waals surface area contributed by atoms with Gasteiger partial charge in [0.2, 0.25) is 5.91 Å². The number of ether oxygens (including phenoxy) is 1. The summed E-state index contributed by atoms with van der Waals surface area (Å²) in [5, 5.41) is 18.6. The van der Waals surface area contributed by atoms with Crippen LogP contribution in [0.15, 0.2) is 29.6 Å². The Balaban J connectivity index is 2.41. The highest BCUT2D eigenvalue weighted by Gasteiger charge is 2.25. The third-order valence-electron chi connectivity index (χ3n) is 3.77. The molecular formula is C19H21N3O5S2. The van der Waals surface area contributed by atoms with Gasteiger partial charge < -0.3 is 15.4 Å². The van der Waals surface area contributed by atoms with E-state index < -0.39 is 16.3 Å². The van der Waals surface area contributed by atoms with Crippen LogP contribution >= 0.6 is 23.6 Å². The van der Waals surface area contributed by atoms with Crippen LogP contribution in [0.3, 0.4) is 0 Å². The molecule has 0 aliphatic carbocycles. The van der Waals surface area contributed by atoms with Crippen molar-refractivity contribution < 1.29 is 19.2 Å². The number of non-ortho nitro benzene ring substituents is 1. The number of thiophene rings is 1. The number of hydrogen-bond acceptors (Lipinski definition) is 7. The van der Waals surface area contributed by atoms with Crippen molar-refractivity contribution in [2.45, 2.75) is 27.7 Å². The average Bonchev–Trinajstić information content (AvgIpc) is 3.04. The number of nitrogens with zero attached hydrogens (tertiary/aromatic N) is 1. The fourth-order valence-corrected chi connectivity index (χ4v) is 3.50. The van der Waals surface area contributed by atoms with E-state index >= 15 is 0 Å². The normalized spacial score (nSPS) is 10.9. The van der Waals surface area contributed by atoms with E-state index in [1.807, 2.05) is 0 Å². The van der Waals surface area contributed by atoms with Crippen LogP contribution in [0.4, 0.5) is 10.7 Å². The van der Waals surface area contributed by atoms with Gasteiger partial charge in [-0.25, -0.2) is 4.79 Å². The van der Waals surface area contributed by atoms with E-state index in [0.29, 0.717) is 16.1 Å². The first-order chi connectivity index (χ1) is 13.5. The zero-order chi connectivity index (χ0) is 21.8. The first-order valence-corrected chi connectivity index (χ1v) is 9.99. The summed E-state index contributed by atoms with van der Waals surface area (Å²) in [6.45, 7) is 7.09. The second-order valence-corrected chi connectivity index (χ2v) is 8.33. The van der Waals surface area contributed by atoms with Gasteiger partial charge in [-0.3, -0.25) is 14.9 Å². The van der Waals surface area contributed by atoms with E-state index in [1.54, 1.807) is 45.2 Å². The van der Waals surface area contributed by atoms with E-state index in [2.05, 4.69) is 10.6 Å². The zero-order valence-electron chi connectivity index (χ0n) is 16.4. The van der Waals surface area contributed by atoms with Gasteiger partial charge >= 0.3 is 5.97 Å². The number of hydrogen-bond donors (Lipinski definition) is 2. The Labute approximate surface area is 177 Å². The summed E-state index contributed by atoms with van der Waals surface area (Å²) < 4.78 is 5.15. The molecule has 0 aliphatic heterocycles. The average molecular weight is 436 g/mol. The summed E-state index contributed by atoms with van der Waals surface area (Å²) in [6.07, 6.45) is 0. The Bertz CT molecular complexity index is 963. The SMILES string of the molecule is CCOC(=O)c1c(-c2cccc([N+](=O)[O-])c2)csc1NC(=S)NC(=O)C(C)(C)C. The first-order valence-electron chi connectivity index (χ1n) is 8.70. The first kappa shape index (κ1) is 22.4. The molecule has 154 valence electrons. The number of carbonyl (C=O) groups is 2. The smallest absolute Gasteiger partial charge is 0.341 e. The van der Waals surface area contributed by atoms with Gasteiger partial charge in [-0.15, -0.1) is 11.3 Å². The molecule has 0 unspecified atom stereocenters. The maximum absolute atomic E-state index is 12.6. The zero-order valence-corrected chi connectivity index (χ0v) is 18.0. The van der Waals surface area contributed by atoms with Gasteiger partial charge in [0.15, 0.2) is 5.11 Å². The van der Waals surface area contributed by atoms with Crippen molar-refractivity contribution in [2.75, 3.05) is 11.9 Å². The number of anilines is 1. The molecular weight excluding hydrogens is 414 g/mol. The van der Waals surface area contributed by atoms with Crippen LogP contribution in [-0.2, 0) is 9.53 Å². The Kier molecular flexibility index (Phi) is 7.04. The molecule has 1 aromatic heterocycles. The number of nitro groups is 1. The van der Waals surface area contributed by atoms with Crippen molar-refractivity contribution in [3.63, 3.8) is 0 Å². The summed E-state index contributed by atoms with van der Waals surface area (Å²) in [6, 6.07) is 5.97. The van der Waals surface area contributed by atoms with Gasteiger partial charge in [-0.2, -0.15) is 0 Å². The number of rotatable bonds is 5. The molecule has 1 aromatic carbocycles. The van der Waals surface area contributed by atoms with Crippen LogP contribution in [0.25, 0.3) is 11.1 Å². The van der Waals surface area contributed by atoms with Crippen LogP contribution < -0.4 is 10.6 Å². The van der Waals surface area contributed by atoms with Gasteiger partial charge in [0, 0.05) is 28.5 Å². The van der Waals surface area contributed by atoms with Gasteiger partial charge in [0.05, 0.1) is 11.5 Å². The molecule has 2 N–H and O–H groups in total. The number of thiocarbonyl (C=S) groups is 1. The summed E-state index contributed by atoms with van der Waals surface area (Å²) in [5.74, 6) is -0.870. The molecule has 29 heavy (non-hydrogen) atoms. The Morgan fingerprint density at radius 1 is 1.31 bits per heavy atom. The molecule has 1 amide bonds. The molecule has 2 aromatic rings. The van der Waals surface area contributed by atoms with Crippen molar-refractivity contribution in [3.05, 3.63) is 45.3 Å². The largest absolute Gasteiger partial charge is 0.462 e. The van der Waals surface area contributed by atoms with Crippen molar-refractivity contribution >= 4 is 51.2 Å². The number of benzene rings is 1. The van der Waals surface area contributed by atoms with Crippen LogP contribution in [0.5, 0.6) is 0 Å². The standard InChI is InChI=1S/C19H21N3O5S2/c1-5-27-16(23)14-13(11-7-6-8-12(9-11)22(25)26)10-29-15(14)20-18(28)21-17(24)19(2,3)4/h6-10H,5H2,1-4H3,(H2,20,21,24,28). The monoisotopic (exact) mass is 435 g/mol. The van der Waals surface area contributed by atoms with Gasteiger partial charge in [0.1, 0.15) is 10.6 Å². The van der Waals surface area contributed by atoms with E-state index in [9.17, 15) is 19.7 Å². The Hall–Kier alpha value is -2.85. The second kappa shape index (κ2) is 9.10. The maximum Gasteiger partial charge on any atom is 0.341 e. The molecule has 0 spiro atoms. The fourth-order valence-electron chi connectivity index (χ4n) is 2.28. The van der Waals surface area contributed by atoms with E-state index in [0.717, 1.165) is 0 Å². The van der Waals surface area contributed by atoms with Crippen LogP contribution in [0, 0.1) is 15.5 Å². The van der Waals surface area contributed by atoms with Crippen molar-refractivity contribution in [2.24, 2.45) is 5.41 Å². The van der Waals surface area contributed by atoms with Crippen LogP contribution in [0.1, 0.15) is 38.1 Å². The third kappa shape index (κ3) is 5.58. The highest BCUT2D eigenvalue weighted by atomic mass is 32.1. The van der Waals surface area contributed by atoms with Crippen LogP contribution in [-0.4, -0.2) is 28.5 Å². The number of amides is 1. The summed E-state index contributed by atoms with van der Waals surface area (Å²) in [4.78, 5) is 35.3. The number of nitrogens with one attached hydrogen (secondary N) is 2. The number of esters is 1. The molecule has 2 rings (SSSR count). The predicted octanol–water partition coefficient (Wildman–Crippen LogP) is 4.36. The Morgan fingerprint density at radius 2 is 2.00 bits per heavy atom. The van der Waals surface area contributed by atoms with Crippen LogP contribution in [0.2, 0.25) is 0 Å². The summed E-state index contributed by atoms with van der Waals surface area (Å²) >= 11 is 6.38. The van der Waals surface area contributed by atoms with Gasteiger partial charge in [-0.1, -0.05) is 32.9 Å². The third-order valence-corrected chi connectivity index (χ3v) is 4.87. The lowest BCUT2D eigenvalue weighted by atomic mass is 9.96.